The Bertz CT molecular complexity index is 604. The van der Waals surface area contributed by atoms with E-state index in [0.717, 1.165) is 19.4 Å². The molecule has 3 rings (SSSR count). The molecule has 0 saturated carbocycles. The lowest BCUT2D eigenvalue weighted by Gasteiger charge is -2.28. The summed E-state index contributed by atoms with van der Waals surface area (Å²) in [4.78, 5) is 2.65. The number of hydrogen-bond donors (Lipinski definition) is 2. The molecule has 0 amide bonds. The van der Waals surface area contributed by atoms with Gasteiger partial charge in [0.2, 0.25) is 0 Å². The van der Waals surface area contributed by atoms with Crippen molar-refractivity contribution in [2.24, 2.45) is 5.84 Å². The number of benzene rings is 1. The fourth-order valence-electron chi connectivity index (χ4n) is 2.93. The van der Waals surface area contributed by atoms with Crippen molar-refractivity contribution in [3.05, 3.63) is 56.8 Å². The number of nitrogens with one attached hydrogen (secondary N) is 1. The van der Waals surface area contributed by atoms with Crippen molar-refractivity contribution < 1.29 is 4.74 Å². The first-order valence-corrected chi connectivity index (χ1v) is 8.23. The number of hydrazine groups is 1. The molecule has 1 aromatic carbocycles. The quantitative estimate of drug-likeness (QED) is 0.670. The van der Waals surface area contributed by atoms with Crippen LogP contribution in [0.3, 0.4) is 0 Å². The van der Waals surface area contributed by atoms with E-state index in [1.54, 1.807) is 0 Å². The van der Waals surface area contributed by atoms with Crippen molar-refractivity contribution in [1.82, 2.24) is 5.43 Å². The summed E-state index contributed by atoms with van der Waals surface area (Å²) in [6.07, 6.45) is 2.00. The summed E-state index contributed by atoms with van der Waals surface area (Å²) < 4.78 is 6.00. The SMILES string of the molecule is Cc1cc(C(CC2OCCc3ccccc32)NN)sc1C. The Morgan fingerprint density at radius 1 is 1.38 bits per heavy atom. The molecule has 0 bridgehead atoms. The second-order valence-corrected chi connectivity index (χ2v) is 6.94. The topological polar surface area (TPSA) is 47.3 Å². The highest BCUT2D eigenvalue weighted by Gasteiger charge is 2.25. The summed E-state index contributed by atoms with van der Waals surface area (Å²) in [5.74, 6) is 5.80. The molecule has 3 nitrogen and oxygen atoms in total. The minimum atomic E-state index is 0.124. The van der Waals surface area contributed by atoms with Crippen LogP contribution < -0.4 is 11.3 Å². The van der Waals surface area contributed by atoms with Crippen LogP contribution in [0.1, 0.15) is 45.0 Å². The van der Waals surface area contributed by atoms with Gasteiger partial charge >= 0.3 is 0 Å². The van der Waals surface area contributed by atoms with Crippen LogP contribution in [0.25, 0.3) is 0 Å². The maximum absolute atomic E-state index is 6.00. The van der Waals surface area contributed by atoms with E-state index in [9.17, 15) is 0 Å². The average molecular weight is 302 g/mol. The molecule has 0 aliphatic carbocycles. The van der Waals surface area contributed by atoms with Gasteiger partial charge in [0.25, 0.3) is 0 Å². The molecule has 0 radical (unpaired) electrons. The molecule has 2 atom stereocenters. The van der Waals surface area contributed by atoms with E-state index < -0.39 is 0 Å². The van der Waals surface area contributed by atoms with Crippen LogP contribution in [0.2, 0.25) is 0 Å². The Labute approximate surface area is 130 Å². The summed E-state index contributed by atoms with van der Waals surface area (Å²) in [6.45, 7) is 5.10. The summed E-state index contributed by atoms with van der Waals surface area (Å²) in [7, 11) is 0. The normalized spacial score (nSPS) is 19.3. The molecular weight excluding hydrogens is 280 g/mol. The number of ether oxygens (including phenoxy) is 1. The summed E-state index contributed by atoms with van der Waals surface area (Å²) in [6, 6.07) is 10.9. The zero-order valence-corrected chi connectivity index (χ0v) is 13.4. The van der Waals surface area contributed by atoms with Crippen molar-refractivity contribution in [2.75, 3.05) is 6.61 Å². The Kier molecular flexibility index (Phi) is 4.40. The van der Waals surface area contributed by atoms with E-state index in [1.165, 1.54) is 26.4 Å². The van der Waals surface area contributed by atoms with Crippen LogP contribution in [0.4, 0.5) is 0 Å². The lowest BCUT2D eigenvalue weighted by atomic mass is 9.93. The third-order valence-corrected chi connectivity index (χ3v) is 5.54. The lowest BCUT2D eigenvalue weighted by Crippen LogP contribution is -2.30. The molecule has 0 fully saturated rings. The summed E-state index contributed by atoms with van der Waals surface area (Å²) >= 11 is 1.82. The molecule has 1 aliphatic rings. The number of hydrogen-bond acceptors (Lipinski definition) is 4. The van der Waals surface area contributed by atoms with Crippen molar-refractivity contribution in [3.8, 4) is 0 Å². The molecule has 3 N–H and O–H groups in total. The van der Waals surface area contributed by atoms with Gasteiger partial charge in [0.15, 0.2) is 0 Å². The third-order valence-electron chi connectivity index (χ3n) is 4.27. The molecular formula is C17H22N2OS. The zero-order chi connectivity index (χ0) is 14.8. The predicted molar refractivity (Wildman–Crippen MR) is 87.3 cm³/mol. The minimum Gasteiger partial charge on any atom is -0.373 e. The number of thiophene rings is 1. The van der Waals surface area contributed by atoms with Crippen LogP contribution in [0.5, 0.6) is 0 Å². The molecule has 2 heterocycles. The summed E-state index contributed by atoms with van der Waals surface area (Å²) in [5, 5.41) is 0. The number of nitrogens with two attached hydrogens (primary N) is 1. The monoisotopic (exact) mass is 302 g/mol. The molecule has 0 spiro atoms. The van der Waals surface area contributed by atoms with E-state index in [4.69, 9.17) is 10.6 Å². The standard InChI is InChI=1S/C17H22N2OS/c1-11-9-17(21-12(11)2)15(19-18)10-16-14-6-4-3-5-13(14)7-8-20-16/h3-6,9,15-16,19H,7-8,10,18H2,1-2H3. The second kappa shape index (κ2) is 6.28. The Morgan fingerprint density at radius 2 is 2.19 bits per heavy atom. The number of fused-ring (bicyclic) bond motifs is 1. The first-order chi connectivity index (χ1) is 10.2. The highest BCUT2D eigenvalue weighted by Crippen LogP contribution is 2.36. The molecule has 4 heteroatoms. The van der Waals surface area contributed by atoms with Crippen LogP contribution in [0, 0.1) is 13.8 Å². The van der Waals surface area contributed by atoms with Gasteiger partial charge in [0, 0.05) is 9.75 Å². The highest BCUT2D eigenvalue weighted by atomic mass is 32.1. The lowest BCUT2D eigenvalue weighted by molar-refractivity contribution is 0.0295. The average Bonchev–Trinajstić information content (AvgIpc) is 2.84. The van der Waals surface area contributed by atoms with Crippen molar-refractivity contribution in [2.45, 2.75) is 38.8 Å². The smallest absolute Gasteiger partial charge is 0.0846 e. The first-order valence-electron chi connectivity index (χ1n) is 7.41. The van der Waals surface area contributed by atoms with Gasteiger partial charge in [-0.1, -0.05) is 24.3 Å². The van der Waals surface area contributed by atoms with E-state index in [-0.39, 0.29) is 12.1 Å². The predicted octanol–water partition coefficient (Wildman–Crippen LogP) is 3.57. The minimum absolute atomic E-state index is 0.124. The summed E-state index contributed by atoms with van der Waals surface area (Å²) in [5.41, 5.74) is 7.02. The van der Waals surface area contributed by atoms with Crippen LogP contribution in [-0.2, 0) is 11.2 Å². The van der Waals surface area contributed by atoms with Gasteiger partial charge in [0.05, 0.1) is 18.8 Å². The van der Waals surface area contributed by atoms with E-state index in [1.807, 2.05) is 11.3 Å². The van der Waals surface area contributed by atoms with Gasteiger partial charge in [-0.2, -0.15) is 0 Å². The second-order valence-electron chi connectivity index (χ2n) is 5.65. The Morgan fingerprint density at radius 3 is 2.90 bits per heavy atom. The zero-order valence-electron chi connectivity index (χ0n) is 12.6. The fourth-order valence-corrected chi connectivity index (χ4v) is 4.04. The molecule has 21 heavy (non-hydrogen) atoms. The van der Waals surface area contributed by atoms with Crippen molar-refractivity contribution in [1.29, 1.82) is 0 Å². The maximum Gasteiger partial charge on any atom is 0.0846 e. The molecule has 1 aliphatic heterocycles. The largest absolute Gasteiger partial charge is 0.373 e. The van der Waals surface area contributed by atoms with E-state index in [2.05, 4.69) is 49.6 Å². The van der Waals surface area contributed by atoms with Gasteiger partial charge in [-0.25, -0.2) is 0 Å². The van der Waals surface area contributed by atoms with Crippen LogP contribution in [0.15, 0.2) is 30.3 Å². The maximum atomic E-state index is 6.00. The molecule has 1 aromatic heterocycles. The molecule has 2 unspecified atom stereocenters. The number of aryl methyl sites for hydroxylation is 2. The first kappa shape index (κ1) is 14.7. The van der Waals surface area contributed by atoms with Gasteiger partial charge in [-0.15, -0.1) is 11.3 Å². The molecule has 2 aromatic rings. The van der Waals surface area contributed by atoms with Crippen LogP contribution in [-0.4, -0.2) is 6.61 Å². The van der Waals surface area contributed by atoms with E-state index >= 15 is 0 Å². The van der Waals surface area contributed by atoms with Crippen molar-refractivity contribution >= 4 is 11.3 Å². The number of rotatable bonds is 4. The van der Waals surface area contributed by atoms with Gasteiger partial charge in [-0.05, 0) is 49.4 Å². The van der Waals surface area contributed by atoms with Gasteiger partial charge in [-0.3, -0.25) is 11.3 Å². The van der Waals surface area contributed by atoms with Crippen molar-refractivity contribution in [3.63, 3.8) is 0 Å². The van der Waals surface area contributed by atoms with Gasteiger partial charge < -0.3 is 4.74 Å². The highest BCUT2D eigenvalue weighted by molar-refractivity contribution is 7.12. The molecule has 112 valence electrons. The van der Waals surface area contributed by atoms with Gasteiger partial charge in [0.1, 0.15) is 0 Å². The Balaban J connectivity index is 1.82. The molecule has 0 saturated heterocycles. The fraction of sp³-hybridized carbons (Fsp3) is 0.412. The van der Waals surface area contributed by atoms with Crippen LogP contribution >= 0.6 is 11.3 Å². The third kappa shape index (κ3) is 3.04. The van der Waals surface area contributed by atoms with E-state index in [0.29, 0.717) is 0 Å². The Hall–Kier alpha value is -1.20.